The average Bonchev–Trinajstić information content (AvgIpc) is 3.22. The molecule has 0 spiro atoms. The van der Waals surface area contributed by atoms with Gasteiger partial charge in [0.25, 0.3) is 0 Å². The van der Waals surface area contributed by atoms with Crippen molar-refractivity contribution < 1.29 is 14.3 Å². The van der Waals surface area contributed by atoms with Crippen LogP contribution in [0.3, 0.4) is 0 Å². The molecule has 0 N–H and O–H groups in total. The standard InChI is InChI=1S/C23H19Cl3N2O3S/c1-3-30-22(29)20-13(2)27-23-28(8-9-32-23)21(20)16-11-15(24)5-7-19(16)31-12-14-4-6-17(25)18(26)10-14/h4-11,21H,3,12H2,1-2H3/t21-/m0/s1. The molecule has 0 saturated carbocycles. The van der Waals surface area contributed by atoms with Crippen molar-refractivity contribution in [2.24, 2.45) is 4.99 Å². The van der Waals surface area contributed by atoms with Crippen molar-refractivity contribution in [3.63, 3.8) is 0 Å². The van der Waals surface area contributed by atoms with Crippen LogP contribution in [0.15, 0.2) is 64.3 Å². The van der Waals surface area contributed by atoms with Gasteiger partial charge in [-0.1, -0.05) is 52.6 Å². The monoisotopic (exact) mass is 508 g/mol. The predicted molar refractivity (Wildman–Crippen MR) is 130 cm³/mol. The highest BCUT2D eigenvalue weighted by Gasteiger charge is 2.39. The van der Waals surface area contributed by atoms with Gasteiger partial charge in [0, 0.05) is 16.8 Å². The Morgan fingerprint density at radius 2 is 1.97 bits per heavy atom. The molecule has 166 valence electrons. The maximum atomic E-state index is 12.9. The number of ether oxygens (including phenoxy) is 2. The fourth-order valence-electron chi connectivity index (χ4n) is 3.53. The number of fused-ring (bicyclic) bond motifs is 1. The Labute approximate surface area is 205 Å². The zero-order valence-electron chi connectivity index (χ0n) is 17.3. The van der Waals surface area contributed by atoms with E-state index in [1.54, 1.807) is 31.2 Å². The minimum Gasteiger partial charge on any atom is -0.489 e. The lowest BCUT2D eigenvalue weighted by Crippen LogP contribution is -2.34. The number of nitrogens with zero attached hydrogens (tertiary/aromatic N) is 2. The normalized spacial score (nSPS) is 17.3. The van der Waals surface area contributed by atoms with Crippen molar-refractivity contribution in [3.8, 4) is 5.75 Å². The maximum absolute atomic E-state index is 12.9. The molecule has 0 saturated heterocycles. The highest BCUT2D eigenvalue weighted by Crippen LogP contribution is 2.44. The van der Waals surface area contributed by atoms with Crippen LogP contribution >= 0.6 is 46.6 Å². The van der Waals surface area contributed by atoms with Gasteiger partial charge in [0.15, 0.2) is 5.17 Å². The van der Waals surface area contributed by atoms with Gasteiger partial charge in [-0.25, -0.2) is 9.79 Å². The van der Waals surface area contributed by atoms with Crippen molar-refractivity contribution in [1.29, 1.82) is 0 Å². The van der Waals surface area contributed by atoms with E-state index in [1.807, 2.05) is 35.6 Å². The summed E-state index contributed by atoms with van der Waals surface area (Å²) in [6.45, 7) is 4.11. The van der Waals surface area contributed by atoms with Crippen molar-refractivity contribution in [1.82, 2.24) is 4.90 Å². The molecule has 5 nitrogen and oxygen atoms in total. The molecular weight excluding hydrogens is 491 g/mol. The Morgan fingerprint density at radius 3 is 2.72 bits per heavy atom. The summed E-state index contributed by atoms with van der Waals surface area (Å²) in [6.07, 6.45) is 1.89. The SMILES string of the molecule is CCOC(=O)C1=C(C)N=C2SC=CN2[C@H]1c1cc(Cl)ccc1OCc1ccc(Cl)c(Cl)c1. The number of thioether (sulfide) groups is 1. The van der Waals surface area contributed by atoms with E-state index in [2.05, 4.69) is 4.99 Å². The minimum atomic E-state index is -0.490. The molecule has 32 heavy (non-hydrogen) atoms. The summed E-state index contributed by atoms with van der Waals surface area (Å²) in [5, 5.41) is 4.17. The van der Waals surface area contributed by atoms with Crippen LogP contribution in [0.5, 0.6) is 5.75 Å². The number of amidine groups is 1. The van der Waals surface area contributed by atoms with Crippen LogP contribution in [0.4, 0.5) is 0 Å². The van der Waals surface area contributed by atoms with Crippen LogP contribution < -0.4 is 4.74 Å². The number of hydrogen-bond donors (Lipinski definition) is 0. The Kier molecular flexibility index (Phi) is 7.05. The number of hydrogen-bond acceptors (Lipinski definition) is 6. The quantitative estimate of drug-likeness (QED) is 0.393. The van der Waals surface area contributed by atoms with Gasteiger partial charge in [0.1, 0.15) is 12.4 Å². The number of allylic oxidation sites excluding steroid dienone is 1. The van der Waals surface area contributed by atoms with Gasteiger partial charge in [0.2, 0.25) is 0 Å². The van der Waals surface area contributed by atoms with Crippen LogP contribution in [0.1, 0.15) is 31.0 Å². The van der Waals surface area contributed by atoms with E-state index in [4.69, 9.17) is 44.3 Å². The predicted octanol–water partition coefficient (Wildman–Crippen LogP) is 6.99. The first-order valence-corrected chi connectivity index (χ1v) is 11.8. The number of carbonyl (C=O) groups excluding carboxylic acids is 1. The molecular formula is C23H19Cl3N2O3S. The largest absolute Gasteiger partial charge is 0.489 e. The summed E-state index contributed by atoms with van der Waals surface area (Å²) in [6, 6.07) is 10.2. The third kappa shape index (κ3) is 4.64. The van der Waals surface area contributed by atoms with Crippen molar-refractivity contribution in [2.45, 2.75) is 26.5 Å². The summed E-state index contributed by atoms with van der Waals surface area (Å²) in [4.78, 5) is 19.4. The van der Waals surface area contributed by atoms with E-state index < -0.39 is 12.0 Å². The lowest BCUT2D eigenvalue weighted by Gasteiger charge is -2.34. The number of halogens is 3. The Bertz CT molecular complexity index is 1160. The summed E-state index contributed by atoms with van der Waals surface area (Å²) in [5.74, 6) is 0.171. The topological polar surface area (TPSA) is 51.1 Å². The summed E-state index contributed by atoms with van der Waals surface area (Å²) in [7, 11) is 0. The average molecular weight is 510 g/mol. The fraction of sp³-hybridized carbons (Fsp3) is 0.217. The molecule has 2 aliphatic heterocycles. The molecule has 0 aliphatic carbocycles. The van der Waals surface area contributed by atoms with Gasteiger partial charge in [-0.3, -0.25) is 0 Å². The molecule has 4 rings (SSSR count). The summed E-state index contributed by atoms with van der Waals surface area (Å²) >= 11 is 20.0. The number of aliphatic imine (C=N–C) groups is 1. The maximum Gasteiger partial charge on any atom is 0.338 e. The third-order valence-electron chi connectivity index (χ3n) is 4.96. The van der Waals surface area contributed by atoms with Gasteiger partial charge < -0.3 is 14.4 Å². The zero-order chi connectivity index (χ0) is 22.8. The minimum absolute atomic E-state index is 0.264. The van der Waals surface area contributed by atoms with E-state index in [-0.39, 0.29) is 13.2 Å². The second kappa shape index (κ2) is 9.79. The molecule has 2 aromatic carbocycles. The van der Waals surface area contributed by atoms with E-state index in [0.29, 0.717) is 32.1 Å². The van der Waals surface area contributed by atoms with Gasteiger partial charge in [-0.2, -0.15) is 0 Å². The van der Waals surface area contributed by atoms with Crippen LogP contribution in [0.2, 0.25) is 15.1 Å². The summed E-state index contributed by atoms with van der Waals surface area (Å²) in [5.41, 5.74) is 2.65. The van der Waals surface area contributed by atoms with Crippen molar-refractivity contribution in [3.05, 3.63) is 85.5 Å². The van der Waals surface area contributed by atoms with E-state index >= 15 is 0 Å². The first-order chi connectivity index (χ1) is 15.4. The van der Waals surface area contributed by atoms with Gasteiger partial charge >= 0.3 is 5.97 Å². The van der Waals surface area contributed by atoms with E-state index in [1.165, 1.54) is 11.8 Å². The lowest BCUT2D eigenvalue weighted by molar-refractivity contribution is -0.139. The smallest absolute Gasteiger partial charge is 0.338 e. The van der Waals surface area contributed by atoms with Crippen LogP contribution in [-0.4, -0.2) is 22.6 Å². The van der Waals surface area contributed by atoms with Crippen LogP contribution in [0, 0.1) is 0 Å². The molecule has 0 radical (unpaired) electrons. The highest BCUT2D eigenvalue weighted by molar-refractivity contribution is 8.16. The molecule has 2 aliphatic rings. The fourth-order valence-corrected chi connectivity index (χ4v) is 4.82. The summed E-state index contributed by atoms with van der Waals surface area (Å²) < 4.78 is 11.5. The van der Waals surface area contributed by atoms with E-state index in [9.17, 15) is 4.79 Å². The Balaban J connectivity index is 1.74. The molecule has 0 amide bonds. The molecule has 0 bridgehead atoms. The molecule has 2 heterocycles. The third-order valence-corrected chi connectivity index (χ3v) is 6.71. The first-order valence-electron chi connectivity index (χ1n) is 9.83. The number of rotatable bonds is 6. The van der Waals surface area contributed by atoms with Crippen molar-refractivity contribution in [2.75, 3.05) is 6.61 Å². The Hall–Kier alpha value is -2.12. The van der Waals surface area contributed by atoms with E-state index in [0.717, 1.165) is 16.3 Å². The lowest BCUT2D eigenvalue weighted by atomic mass is 9.94. The number of esters is 1. The van der Waals surface area contributed by atoms with Crippen LogP contribution in [-0.2, 0) is 16.1 Å². The molecule has 0 fully saturated rings. The molecule has 1 atom stereocenters. The molecule has 0 unspecified atom stereocenters. The molecule has 0 aromatic heterocycles. The molecule has 9 heteroatoms. The second-order valence-electron chi connectivity index (χ2n) is 7.05. The zero-order valence-corrected chi connectivity index (χ0v) is 20.4. The Morgan fingerprint density at radius 1 is 1.16 bits per heavy atom. The van der Waals surface area contributed by atoms with Gasteiger partial charge in [0.05, 0.1) is 34.0 Å². The first kappa shape index (κ1) is 23.1. The van der Waals surface area contributed by atoms with Gasteiger partial charge in [-0.05, 0) is 55.2 Å². The number of carbonyl (C=O) groups is 1. The van der Waals surface area contributed by atoms with Gasteiger partial charge in [-0.15, -0.1) is 0 Å². The highest BCUT2D eigenvalue weighted by atomic mass is 35.5. The van der Waals surface area contributed by atoms with Crippen LogP contribution in [0.25, 0.3) is 0 Å². The van der Waals surface area contributed by atoms with Crippen molar-refractivity contribution >= 4 is 57.7 Å². The molecule has 2 aromatic rings. The number of benzene rings is 2. The second-order valence-corrected chi connectivity index (χ2v) is 9.17.